The van der Waals surface area contributed by atoms with E-state index in [0.717, 1.165) is 12.1 Å². The molecular weight excluding hydrogens is 281 g/mol. The molecule has 1 aromatic heterocycles. The van der Waals surface area contributed by atoms with Crippen LogP contribution in [0.5, 0.6) is 0 Å². The second kappa shape index (κ2) is 5.61. The number of aromatic nitrogens is 2. The molecule has 0 aliphatic heterocycles. The quantitative estimate of drug-likeness (QED) is 0.801. The van der Waals surface area contributed by atoms with E-state index in [2.05, 4.69) is 10.2 Å². The largest absolute Gasteiger partial charge is 0.421 e. The van der Waals surface area contributed by atoms with Crippen LogP contribution in [-0.2, 0) is 12.6 Å². The van der Waals surface area contributed by atoms with Gasteiger partial charge in [-0.2, -0.15) is 13.2 Å². The van der Waals surface area contributed by atoms with Gasteiger partial charge in [0, 0.05) is 17.9 Å². The molecule has 0 aliphatic rings. The van der Waals surface area contributed by atoms with Gasteiger partial charge in [-0.15, -0.1) is 21.8 Å². The fraction of sp³-hybridized carbons (Fsp3) is 0.333. The summed E-state index contributed by atoms with van der Waals surface area (Å²) in [5, 5.41) is 7.50. The summed E-state index contributed by atoms with van der Waals surface area (Å²) in [6.45, 7) is 0. The fourth-order valence-corrected chi connectivity index (χ4v) is 1.65. The summed E-state index contributed by atoms with van der Waals surface area (Å²) in [5.74, 6) is 0.907. The standard InChI is InChI=1S/C12H10ClF3N2O/c13-6-2-5-10-17-18-11(19-10)8-3-1-4-9(7-8)12(14,15)16/h1,3-4,7H,2,5-6H2. The van der Waals surface area contributed by atoms with Crippen molar-refractivity contribution in [2.75, 3.05) is 5.88 Å². The number of benzene rings is 1. The van der Waals surface area contributed by atoms with E-state index in [9.17, 15) is 13.2 Å². The first-order chi connectivity index (χ1) is 9.00. The molecule has 2 aromatic rings. The topological polar surface area (TPSA) is 38.9 Å². The highest BCUT2D eigenvalue weighted by molar-refractivity contribution is 6.17. The summed E-state index contributed by atoms with van der Waals surface area (Å²) in [4.78, 5) is 0. The summed E-state index contributed by atoms with van der Waals surface area (Å²) in [6.07, 6.45) is -3.21. The number of hydrogen-bond acceptors (Lipinski definition) is 3. The van der Waals surface area contributed by atoms with Gasteiger partial charge in [0.25, 0.3) is 0 Å². The van der Waals surface area contributed by atoms with Crippen molar-refractivity contribution in [3.05, 3.63) is 35.7 Å². The van der Waals surface area contributed by atoms with Crippen LogP contribution in [0.15, 0.2) is 28.7 Å². The van der Waals surface area contributed by atoms with Crippen LogP contribution in [0.2, 0.25) is 0 Å². The van der Waals surface area contributed by atoms with Crippen molar-refractivity contribution in [3.63, 3.8) is 0 Å². The van der Waals surface area contributed by atoms with Crippen molar-refractivity contribution in [2.45, 2.75) is 19.0 Å². The van der Waals surface area contributed by atoms with Gasteiger partial charge in [-0.3, -0.25) is 0 Å². The highest BCUT2D eigenvalue weighted by Gasteiger charge is 2.30. The highest BCUT2D eigenvalue weighted by Crippen LogP contribution is 2.31. The fourth-order valence-electron chi connectivity index (χ4n) is 1.52. The molecule has 0 amide bonds. The molecule has 1 heterocycles. The van der Waals surface area contributed by atoms with Crippen molar-refractivity contribution in [2.24, 2.45) is 0 Å². The molecule has 0 atom stereocenters. The number of nitrogens with zero attached hydrogens (tertiary/aromatic N) is 2. The van der Waals surface area contributed by atoms with Crippen molar-refractivity contribution in [3.8, 4) is 11.5 Å². The van der Waals surface area contributed by atoms with Crippen LogP contribution in [0.25, 0.3) is 11.5 Å². The zero-order valence-electron chi connectivity index (χ0n) is 9.75. The maximum atomic E-state index is 12.6. The predicted octanol–water partition coefficient (Wildman–Crippen LogP) is 3.93. The Balaban J connectivity index is 2.24. The van der Waals surface area contributed by atoms with Gasteiger partial charge in [0.1, 0.15) is 0 Å². The third-order valence-corrected chi connectivity index (χ3v) is 2.70. The van der Waals surface area contributed by atoms with Crippen LogP contribution in [0, 0.1) is 0 Å². The molecule has 0 aliphatic carbocycles. The minimum Gasteiger partial charge on any atom is -0.421 e. The van der Waals surface area contributed by atoms with Gasteiger partial charge in [0.15, 0.2) is 0 Å². The Morgan fingerprint density at radius 1 is 1.21 bits per heavy atom. The second-order valence-corrected chi connectivity index (χ2v) is 4.25. The lowest BCUT2D eigenvalue weighted by molar-refractivity contribution is -0.137. The van der Waals surface area contributed by atoms with Gasteiger partial charge in [0.05, 0.1) is 5.56 Å². The normalized spacial score (nSPS) is 11.8. The summed E-state index contributed by atoms with van der Waals surface area (Å²) >= 11 is 5.53. The van der Waals surface area contributed by atoms with E-state index in [-0.39, 0.29) is 11.5 Å². The number of rotatable bonds is 4. The lowest BCUT2D eigenvalue weighted by atomic mass is 10.1. The van der Waals surface area contributed by atoms with Crippen molar-refractivity contribution >= 4 is 11.6 Å². The Kier molecular flexibility index (Phi) is 4.09. The Hall–Kier alpha value is -1.56. The van der Waals surface area contributed by atoms with Crippen LogP contribution in [-0.4, -0.2) is 16.1 Å². The van der Waals surface area contributed by atoms with Crippen LogP contribution < -0.4 is 0 Å². The van der Waals surface area contributed by atoms with E-state index in [1.165, 1.54) is 12.1 Å². The van der Waals surface area contributed by atoms with E-state index in [0.29, 0.717) is 24.6 Å². The molecule has 0 spiro atoms. The monoisotopic (exact) mass is 290 g/mol. The number of halogens is 4. The summed E-state index contributed by atoms with van der Waals surface area (Å²) in [6, 6.07) is 4.78. The molecule has 19 heavy (non-hydrogen) atoms. The molecule has 0 unspecified atom stereocenters. The van der Waals surface area contributed by atoms with E-state index < -0.39 is 11.7 Å². The molecule has 3 nitrogen and oxygen atoms in total. The Morgan fingerprint density at radius 3 is 2.68 bits per heavy atom. The Labute approximate surface area is 112 Å². The van der Waals surface area contributed by atoms with Gasteiger partial charge in [-0.25, -0.2) is 0 Å². The maximum absolute atomic E-state index is 12.6. The SMILES string of the molecule is FC(F)(F)c1cccc(-c2nnc(CCCCl)o2)c1. The molecule has 0 fully saturated rings. The molecule has 0 radical (unpaired) electrons. The molecule has 1 aromatic carbocycles. The zero-order valence-corrected chi connectivity index (χ0v) is 10.5. The molecular formula is C12H10ClF3N2O. The van der Waals surface area contributed by atoms with E-state index in [4.69, 9.17) is 16.0 Å². The first-order valence-corrected chi connectivity index (χ1v) is 6.10. The second-order valence-electron chi connectivity index (χ2n) is 3.87. The third kappa shape index (κ3) is 3.47. The van der Waals surface area contributed by atoms with Gasteiger partial charge in [0.2, 0.25) is 11.8 Å². The molecule has 2 rings (SSSR count). The van der Waals surface area contributed by atoms with Crippen LogP contribution in [0.1, 0.15) is 17.9 Å². The van der Waals surface area contributed by atoms with Crippen LogP contribution in [0.3, 0.4) is 0 Å². The van der Waals surface area contributed by atoms with Crippen LogP contribution >= 0.6 is 11.6 Å². The van der Waals surface area contributed by atoms with E-state index in [1.807, 2.05) is 0 Å². The van der Waals surface area contributed by atoms with Gasteiger partial charge in [-0.05, 0) is 24.6 Å². The van der Waals surface area contributed by atoms with E-state index in [1.54, 1.807) is 0 Å². The Morgan fingerprint density at radius 2 is 2.00 bits per heavy atom. The van der Waals surface area contributed by atoms with Crippen molar-refractivity contribution in [1.29, 1.82) is 0 Å². The minimum absolute atomic E-state index is 0.0793. The molecule has 7 heteroatoms. The first kappa shape index (κ1) is 13.9. The molecule has 0 saturated heterocycles. The molecule has 0 saturated carbocycles. The highest BCUT2D eigenvalue weighted by atomic mass is 35.5. The number of hydrogen-bond donors (Lipinski definition) is 0. The summed E-state index contributed by atoms with van der Waals surface area (Å²) < 4.78 is 43.0. The smallest absolute Gasteiger partial charge is 0.416 e. The summed E-state index contributed by atoms with van der Waals surface area (Å²) in [5.41, 5.74) is -0.495. The predicted molar refractivity (Wildman–Crippen MR) is 63.8 cm³/mol. The van der Waals surface area contributed by atoms with Crippen molar-refractivity contribution < 1.29 is 17.6 Å². The lowest BCUT2D eigenvalue weighted by Gasteiger charge is -2.06. The maximum Gasteiger partial charge on any atom is 0.416 e. The molecule has 0 bridgehead atoms. The van der Waals surface area contributed by atoms with Crippen LogP contribution in [0.4, 0.5) is 13.2 Å². The summed E-state index contributed by atoms with van der Waals surface area (Å²) in [7, 11) is 0. The average Bonchev–Trinajstić information content (AvgIpc) is 2.84. The molecule has 102 valence electrons. The third-order valence-electron chi connectivity index (χ3n) is 2.43. The number of aryl methyl sites for hydroxylation is 1. The first-order valence-electron chi connectivity index (χ1n) is 5.56. The van der Waals surface area contributed by atoms with Gasteiger partial charge < -0.3 is 4.42 Å². The van der Waals surface area contributed by atoms with Gasteiger partial charge >= 0.3 is 6.18 Å². The lowest BCUT2D eigenvalue weighted by Crippen LogP contribution is -2.04. The van der Waals surface area contributed by atoms with Gasteiger partial charge in [-0.1, -0.05) is 6.07 Å². The average molecular weight is 291 g/mol. The Bertz CT molecular complexity index is 554. The molecule has 0 N–H and O–H groups in total. The number of alkyl halides is 4. The zero-order chi connectivity index (χ0) is 13.9. The van der Waals surface area contributed by atoms with Crippen molar-refractivity contribution in [1.82, 2.24) is 10.2 Å². The van der Waals surface area contributed by atoms with E-state index >= 15 is 0 Å². The minimum atomic E-state index is -4.39.